The number of nitrogens with two attached hydrogens (primary N) is 1. The Balaban J connectivity index is 2.13. The number of hydrogen-bond acceptors (Lipinski definition) is 3. The SMILES string of the molecule is CCc1ccc(Sc2ccc(NC(C)=O)c(N)c2)cc1. The highest BCUT2D eigenvalue weighted by atomic mass is 32.2. The van der Waals surface area contributed by atoms with Crippen LogP contribution >= 0.6 is 11.8 Å². The van der Waals surface area contributed by atoms with Crippen LogP contribution in [0.3, 0.4) is 0 Å². The van der Waals surface area contributed by atoms with E-state index < -0.39 is 0 Å². The van der Waals surface area contributed by atoms with Gasteiger partial charge in [-0.1, -0.05) is 30.8 Å². The summed E-state index contributed by atoms with van der Waals surface area (Å²) in [6, 6.07) is 14.2. The third-order valence-corrected chi connectivity index (χ3v) is 3.90. The summed E-state index contributed by atoms with van der Waals surface area (Å²) in [7, 11) is 0. The summed E-state index contributed by atoms with van der Waals surface area (Å²) >= 11 is 1.66. The van der Waals surface area contributed by atoms with E-state index in [2.05, 4.69) is 36.5 Å². The summed E-state index contributed by atoms with van der Waals surface area (Å²) in [4.78, 5) is 13.3. The Bertz CT molecular complexity index is 608. The molecule has 0 atom stereocenters. The number of aryl methyl sites for hydroxylation is 1. The Morgan fingerprint density at radius 2 is 1.80 bits per heavy atom. The van der Waals surface area contributed by atoms with Gasteiger partial charge in [0.25, 0.3) is 0 Å². The van der Waals surface area contributed by atoms with Crippen molar-refractivity contribution in [3.63, 3.8) is 0 Å². The fourth-order valence-electron chi connectivity index (χ4n) is 1.84. The van der Waals surface area contributed by atoms with Crippen molar-refractivity contribution in [1.82, 2.24) is 0 Å². The zero-order chi connectivity index (χ0) is 14.5. The van der Waals surface area contributed by atoms with Crippen molar-refractivity contribution in [3.05, 3.63) is 48.0 Å². The second-order valence-corrected chi connectivity index (χ2v) is 5.68. The molecule has 0 aliphatic carbocycles. The molecule has 0 radical (unpaired) electrons. The van der Waals surface area contributed by atoms with Crippen LogP contribution in [0.4, 0.5) is 11.4 Å². The Morgan fingerprint density at radius 3 is 2.35 bits per heavy atom. The van der Waals surface area contributed by atoms with Crippen LogP contribution in [0.25, 0.3) is 0 Å². The van der Waals surface area contributed by atoms with E-state index in [0.29, 0.717) is 11.4 Å². The number of carbonyl (C=O) groups excluding carboxylic acids is 1. The van der Waals surface area contributed by atoms with Gasteiger partial charge in [-0.05, 0) is 42.3 Å². The fourth-order valence-corrected chi connectivity index (χ4v) is 2.70. The molecule has 104 valence electrons. The van der Waals surface area contributed by atoms with Gasteiger partial charge >= 0.3 is 0 Å². The van der Waals surface area contributed by atoms with Crippen LogP contribution in [0.1, 0.15) is 19.4 Å². The van der Waals surface area contributed by atoms with Crippen LogP contribution in [-0.4, -0.2) is 5.91 Å². The standard InChI is InChI=1S/C16H18N2OS/c1-3-12-4-6-13(7-5-12)20-14-8-9-16(15(17)10-14)18-11(2)19/h4-10H,3,17H2,1-2H3,(H,18,19). The number of rotatable bonds is 4. The minimum absolute atomic E-state index is 0.118. The topological polar surface area (TPSA) is 55.1 Å². The van der Waals surface area contributed by atoms with Gasteiger partial charge < -0.3 is 11.1 Å². The second-order valence-electron chi connectivity index (χ2n) is 4.53. The van der Waals surface area contributed by atoms with Gasteiger partial charge in [-0.3, -0.25) is 4.79 Å². The molecule has 2 aromatic carbocycles. The van der Waals surface area contributed by atoms with Crippen LogP contribution in [-0.2, 0) is 11.2 Å². The van der Waals surface area contributed by atoms with Gasteiger partial charge in [-0.15, -0.1) is 0 Å². The summed E-state index contributed by atoms with van der Waals surface area (Å²) in [5, 5.41) is 2.71. The molecule has 0 saturated carbocycles. The molecule has 0 spiro atoms. The molecule has 20 heavy (non-hydrogen) atoms. The molecule has 0 unspecified atom stereocenters. The van der Waals surface area contributed by atoms with Crippen molar-refractivity contribution < 1.29 is 4.79 Å². The molecule has 0 aromatic heterocycles. The monoisotopic (exact) mass is 286 g/mol. The highest BCUT2D eigenvalue weighted by molar-refractivity contribution is 7.99. The van der Waals surface area contributed by atoms with Crippen LogP contribution < -0.4 is 11.1 Å². The Morgan fingerprint density at radius 1 is 1.15 bits per heavy atom. The highest BCUT2D eigenvalue weighted by Gasteiger charge is 2.04. The predicted molar refractivity (Wildman–Crippen MR) is 85.1 cm³/mol. The molecule has 1 amide bonds. The highest BCUT2D eigenvalue weighted by Crippen LogP contribution is 2.31. The third kappa shape index (κ3) is 3.78. The van der Waals surface area contributed by atoms with Crippen LogP contribution in [0.15, 0.2) is 52.3 Å². The van der Waals surface area contributed by atoms with Crippen molar-refractivity contribution in [1.29, 1.82) is 0 Å². The first-order chi connectivity index (χ1) is 9.58. The molecule has 0 heterocycles. The van der Waals surface area contributed by atoms with Gasteiger partial charge in [0.15, 0.2) is 0 Å². The maximum atomic E-state index is 11.0. The lowest BCUT2D eigenvalue weighted by molar-refractivity contribution is -0.114. The van der Waals surface area contributed by atoms with Crippen molar-refractivity contribution in [3.8, 4) is 0 Å². The van der Waals surface area contributed by atoms with Crippen LogP contribution in [0.5, 0.6) is 0 Å². The summed E-state index contributed by atoms with van der Waals surface area (Å²) in [6.45, 7) is 3.61. The number of benzene rings is 2. The Hall–Kier alpha value is -1.94. The van der Waals surface area contributed by atoms with E-state index in [0.717, 1.165) is 11.3 Å². The number of hydrogen-bond donors (Lipinski definition) is 2. The van der Waals surface area contributed by atoms with E-state index in [1.54, 1.807) is 11.8 Å². The average Bonchev–Trinajstić information content (AvgIpc) is 2.42. The molecule has 2 rings (SSSR count). The first kappa shape index (κ1) is 14.5. The van der Waals surface area contributed by atoms with Crippen LogP contribution in [0, 0.1) is 0 Å². The summed E-state index contributed by atoms with van der Waals surface area (Å²) < 4.78 is 0. The summed E-state index contributed by atoms with van der Waals surface area (Å²) in [5.74, 6) is -0.118. The number of nitrogens with one attached hydrogen (secondary N) is 1. The smallest absolute Gasteiger partial charge is 0.221 e. The van der Waals surface area contributed by atoms with E-state index >= 15 is 0 Å². The minimum Gasteiger partial charge on any atom is -0.397 e. The zero-order valence-corrected chi connectivity index (χ0v) is 12.5. The molecular formula is C16H18N2OS. The molecular weight excluding hydrogens is 268 g/mol. The maximum Gasteiger partial charge on any atom is 0.221 e. The zero-order valence-electron chi connectivity index (χ0n) is 11.6. The molecule has 0 saturated heterocycles. The Labute approximate surface area is 123 Å². The van der Waals surface area contributed by atoms with Crippen LogP contribution in [0.2, 0.25) is 0 Å². The van der Waals surface area contributed by atoms with Gasteiger partial charge in [0.05, 0.1) is 11.4 Å². The van der Waals surface area contributed by atoms with Gasteiger partial charge in [-0.25, -0.2) is 0 Å². The van der Waals surface area contributed by atoms with Crippen molar-refractivity contribution >= 4 is 29.0 Å². The van der Waals surface area contributed by atoms with E-state index in [1.807, 2.05) is 18.2 Å². The summed E-state index contributed by atoms with van der Waals surface area (Å²) in [5.41, 5.74) is 8.50. The fraction of sp³-hybridized carbons (Fsp3) is 0.188. The lowest BCUT2D eigenvalue weighted by Crippen LogP contribution is -2.07. The molecule has 0 aliphatic rings. The minimum atomic E-state index is -0.118. The Kier molecular flexibility index (Phi) is 4.69. The van der Waals surface area contributed by atoms with E-state index in [1.165, 1.54) is 17.4 Å². The van der Waals surface area contributed by atoms with Gasteiger partial charge in [0.1, 0.15) is 0 Å². The normalized spacial score (nSPS) is 10.3. The third-order valence-electron chi connectivity index (χ3n) is 2.90. The maximum absolute atomic E-state index is 11.0. The van der Waals surface area contributed by atoms with E-state index in [9.17, 15) is 4.79 Å². The predicted octanol–water partition coefficient (Wildman–Crippen LogP) is 3.94. The van der Waals surface area contributed by atoms with Gasteiger partial charge in [0.2, 0.25) is 5.91 Å². The first-order valence-electron chi connectivity index (χ1n) is 6.52. The molecule has 3 nitrogen and oxygen atoms in total. The summed E-state index contributed by atoms with van der Waals surface area (Å²) in [6.07, 6.45) is 1.04. The van der Waals surface area contributed by atoms with E-state index in [4.69, 9.17) is 5.73 Å². The number of nitrogen functional groups attached to an aromatic ring is 1. The van der Waals surface area contributed by atoms with E-state index in [-0.39, 0.29) is 5.91 Å². The molecule has 0 bridgehead atoms. The largest absolute Gasteiger partial charge is 0.397 e. The number of amides is 1. The molecule has 4 heteroatoms. The van der Waals surface area contributed by atoms with Gasteiger partial charge in [0, 0.05) is 16.7 Å². The molecule has 2 aromatic rings. The first-order valence-corrected chi connectivity index (χ1v) is 7.34. The average molecular weight is 286 g/mol. The second kappa shape index (κ2) is 6.48. The van der Waals surface area contributed by atoms with Crippen molar-refractivity contribution in [2.45, 2.75) is 30.1 Å². The lowest BCUT2D eigenvalue weighted by atomic mass is 10.2. The molecule has 0 aliphatic heterocycles. The van der Waals surface area contributed by atoms with Gasteiger partial charge in [-0.2, -0.15) is 0 Å². The molecule has 0 fully saturated rings. The molecule has 3 N–H and O–H groups in total. The van der Waals surface area contributed by atoms with Crippen molar-refractivity contribution in [2.24, 2.45) is 0 Å². The quantitative estimate of drug-likeness (QED) is 0.837. The lowest BCUT2D eigenvalue weighted by Gasteiger charge is -2.08. The van der Waals surface area contributed by atoms with Crippen molar-refractivity contribution in [2.75, 3.05) is 11.1 Å². The number of anilines is 2. The number of carbonyl (C=O) groups is 1.